The van der Waals surface area contributed by atoms with Gasteiger partial charge in [0.2, 0.25) is 29.8 Å². The predicted molar refractivity (Wildman–Crippen MR) is 194 cm³/mol. The van der Waals surface area contributed by atoms with Gasteiger partial charge in [0.1, 0.15) is 0 Å². The summed E-state index contributed by atoms with van der Waals surface area (Å²) >= 11 is 0. The summed E-state index contributed by atoms with van der Waals surface area (Å²) in [6.07, 6.45) is 4.22. The van der Waals surface area contributed by atoms with Crippen molar-refractivity contribution in [3.63, 3.8) is 0 Å². The molecule has 0 bridgehead atoms. The Balaban J connectivity index is 1.03. The molecule has 0 saturated carbocycles. The Hall–Kier alpha value is -4.97. The van der Waals surface area contributed by atoms with E-state index in [4.69, 9.17) is 23.7 Å². The summed E-state index contributed by atoms with van der Waals surface area (Å²) in [5.41, 5.74) is 4.79. The van der Waals surface area contributed by atoms with Crippen molar-refractivity contribution in [2.24, 2.45) is 0 Å². The van der Waals surface area contributed by atoms with Crippen molar-refractivity contribution in [2.75, 3.05) is 66.2 Å². The van der Waals surface area contributed by atoms with Gasteiger partial charge >= 0.3 is 0 Å². The van der Waals surface area contributed by atoms with Crippen molar-refractivity contribution in [1.82, 2.24) is 15.1 Å². The average Bonchev–Trinajstić information content (AvgIpc) is 3.48. The molecule has 1 aliphatic carbocycles. The first-order valence-electron chi connectivity index (χ1n) is 17.7. The summed E-state index contributed by atoms with van der Waals surface area (Å²) in [7, 11) is 4.73. The quantitative estimate of drug-likeness (QED) is 0.238. The number of carbonyl (C=O) groups excluding carboxylic acids is 2. The zero-order chi connectivity index (χ0) is 35.9. The number of piperazine rings is 1. The molecule has 1 atom stereocenters. The maximum Gasteiger partial charge on any atom is 0.231 e. The van der Waals surface area contributed by atoms with Gasteiger partial charge in [-0.05, 0) is 78.3 Å². The molecule has 6 rings (SSSR count). The van der Waals surface area contributed by atoms with Gasteiger partial charge in [0.15, 0.2) is 23.0 Å². The average molecular weight is 701 g/mol. The molecule has 3 aromatic rings. The van der Waals surface area contributed by atoms with Crippen LogP contribution in [-0.2, 0) is 22.6 Å². The van der Waals surface area contributed by atoms with Crippen LogP contribution in [0.5, 0.6) is 28.7 Å². The number of anilines is 1. The number of nitrogens with one attached hydrogen (secondary N) is 2. The number of nitrogens with zero attached hydrogens (tertiary/aromatic N) is 2. The Kier molecular flexibility index (Phi) is 11.5. The molecule has 51 heavy (non-hydrogen) atoms. The van der Waals surface area contributed by atoms with Crippen molar-refractivity contribution >= 4 is 17.5 Å². The minimum absolute atomic E-state index is 0.165. The molecule has 1 fully saturated rings. The van der Waals surface area contributed by atoms with Crippen molar-refractivity contribution in [3.05, 3.63) is 69.4 Å². The number of unbranched alkanes of at least 4 members (excludes halogenated alkanes) is 2. The molecule has 3 aromatic carbocycles. The van der Waals surface area contributed by atoms with E-state index in [9.17, 15) is 14.4 Å². The fourth-order valence-electron chi connectivity index (χ4n) is 7.27. The highest BCUT2D eigenvalue weighted by Crippen LogP contribution is 2.50. The third-order valence-electron chi connectivity index (χ3n) is 9.87. The molecule has 0 unspecified atom stereocenters. The minimum atomic E-state index is -0.366. The molecule has 2 heterocycles. The number of rotatable bonds is 13. The summed E-state index contributed by atoms with van der Waals surface area (Å²) in [6.45, 7) is 6.30. The minimum Gasteiger partial charge on any atom is -0.493 e. The van der Waals surface area contributed by atoms with E-state index in [1.54, 1.807) is 33.5 Å². The Morgan fingerprint density at radius 2 is 1.67 bits per heavy atom. The first-order valence-corrected chi connectivity index (χ1v) is 17.7. The maximum atomic E-state index is 13.6. The van der Waals surface area contributed by atoms with Crippen LogP contribution in [0.3, 0.4) is 0 Å². The van der Waals surface area contributed by atoms with E-state index in [0.29, 0.717) is 48.7 Å². The van der Waals surface area contributed by atoms with Gasteiger partial charge < -0.3 is 39.2 Å². The van der Waals surface area contributed by atoms with Crippen LogP contribution in [-0.4, -0.2) is 82.5 Å². The molecule has 2 amide bonds. The number of hydrogen-bond donors (Lipinski definition) is 2. The highest BCUT2D eigenvalue weighted by atomic mass is 16.7. The third kappa shape index (κ3) is 8.17. The van der Waals surface area contributed by atoms with Gasteiger partial charge in [-0.25, -0.2) is 0 Å². The highest BCUT2D eigenvalue weighted by Gasteiger charge is 2.29. The van der Waals surface area contributed by atoms with Gasteiger partial charge in [-0.15, -0.1) is 0 Å². The molecule has 12 nitrogen and oxygen atoms in total. The number of hydrogen-bond acceptors (Lipinski definition) is 10. The molecular formula is C39H48N4O8. The first-order chi connectivity index (χ1) is 24.8. The van der Waals surface area contributed by atoms with Crippen molar-refractivity contribution in [2.45, 2.75) is 58.0 Å². The Morgan fingerprint density at radius 1 is 0.882 bits per heavy atom. The summed E-state index contributed by atoms with van der Waals surface area (Å²) in [6, 6.07) is 13.0. The second-order valence-corrected chi connectivity index (χ2v) is 13.2. The molecule has 0 spiro atoms. The van der Waals surface area contributed by atoms with Crippen molar-refractivity contribution < 1.29 is 33.3 Å². The third-order valence-corrected chi connectivity index (χ3v) is 9.87. The van der Waals surface area contributed by atoms with Crippen LogP contribution in [0, 0.1) is 0 Å². The van der Waals surface area contributed by atoms with E-state index in [1.807, 2.05) is 29.2 Å². The summed E-state index contributed by atoms with van der Waals surface area (Å²) < 4.78 is 28.1. The largest absolute Gasteiger partial charge is 0.493 e. The van der Waals surface area contributed by atoms with Crippen molar-refractivity contribution in [3.8, 4) is 39.9 Å². The summed E-state index contributed by atoms with van der Waals surface area (Å²) in [5, 5.41) is 6.36. The lowest BCUT2D eigenvalue weighted by Gasteiger charge is -2.34. The number of fused-ring (bicyclic) bond motifs is 4. The Bertz CT molecular complexity index is 1810. The fraction of sp³-hybridized carbons (Fsp3) is 0.462. The number of amides is 2. The number of aryl methyl sites for hydroxylation is 1. The van der Waals surface area contributed by atoms with Crippen LogP contribution >= 0.6 is 0 Å². The highest BCUT2D eigenvalue weighted by molar-refractivity contribution is 5.84. The summed E-state index contributed by atoms with van der Waals surface area (Å²) in [5.74, 6) is 3.15. The lowest BCUT2D eigenvalue weighted by Crippen LogP contribution is -2.48. The SMILES string of the molecule is COc1cc2c(c(OC)c1OC)-c1ccc(NCCCCCC(=O)N3CCN(Cc4ccc5c(c4)OCO5)CC3)c(=O)cc1[C@H](NC(C)=O)CC2. The molecule has 12 heteroatoms. The number of benzene rings is 2. The van der Waals surface area contributed by atoms with Crippen LogP contribution in [0.25, 0.3) is 11.1 Å². The Morgan fingerprint density at radius 3 is 2.41 bits per heavy atom. The van der Waals surface area contributed by atoms with Gasteiger partial charge in [-0.1, -0.05) is 18.6 Å². The molecule has 272 valence electrons. The zero-order valence-electron chi connectivity index (χ0n) is 30.0. The monoisotopic (exact) mass is 700 g/mol. The van der Waals surface area contributed by atoms with Crippen LogP contribution < -0.4 is 39.7 Å². The summed E-state index contributed by atoms with van der Waals surface area (Å²) in [4.78, 5) is 43.1. The second-order valence-electron chi connectivity index (χ2n) is 13.2. The number of methoxy groups -OCH3 is 3. The van der Waals surface area contributed by atoms with E-state index in [-0.39, 0.29) is 30.1 Å². The van der Waals surface area contributed by atoms with Crippen LogP contribution in [0.1, 0.15) is 61.8 Å². The number of ether oxygens (including phenoxy) is 5. The van der Waals surface area contributed by atoms with Gasteiger partial charge in [-0.3, -0.25) is 19.3 Å². The van der Waals surface area contributed by atoms with Gasteiger partial charge in [0.05, 0.1) is 33.1 Å². The van der Waals surface area contributed by atoms with E-state index in [0.717, 1.165) is 85.7 Å². The second kappa shape index (κ2) is 16.4. The predicted octanol–water partition coefficient (Wildman–Crippen LogP) is 4.91. The molecule has 3 aliphatic rings. The van der Waals surface area contributed by atoms with Crippen LogP contribution in [0.15, 0.2) is 47.3 Å². The van der Waals surface area contributed by atoms with Crippen LogP contribution in [0.2, 0.25) is 0 Å². The lowest BCUT2D eigenvalue weighted by molar-refractivity contribution is -0.133. The molecule has 2 aliphatic heterocycles. The van der Waals surface area contributed by atoms with E-state index < -0.39 is 0 Å². The molecular weight excluding hydrogens is 652 g/mol. The number of carbonyl (C=O) groups is 2. The topological polar surface area (TPSA) is 128 Å². The Labute approximate surface area is 299 Å². The van der Waals surface area contributed by atoms with E-state index in [1.165, 1.54) is 12.5 Å². The van der Waals surface area contributed by atoms with Crippen molar-refractivity contribution in [1.29, 1.82) is 0 Å². The normalized spacial score (nSPS) is 16.4. The van der Waals surface area contributed by atoms with Gasteiger partial charge in [-0.2, -0.15) is 0 Å². The van der Waals surface area contributed by atoms with Crippen LogP contribution in [0.4, 0.5) is 5.69 Å². The molecule has 0 aromatic heterocycles. The molecule has 1 saturated heterocycles. The fourth-order valence-corrected chi connectivity index (χ4v) is 7.27. The molecule has 2 N–H and O–H groups in total. The zero-order valence-corrected chi connectivity index (χ0v) is 30.0. The first kappa shape index (κ1) is 35.8. The molecule has 0 radical (unpaired) electrons. The maximum absolute atomic E-state index is 13.6. The smallest absolute Gasteiger partial charge is 0.231 e. The van der Waals surface area contributed by atoms with Gasteiger partial charge in [0.25, 0.3) is 0 Å². The van der Waals surface area contributed by atoms with E-state index in [2.05, 4.69) is 21.6 Å². The standard InChI is InChI=1S/C39H48N4O8/c1-25(44)41-30-12-10-27-21-35(47-2)38(48-3)39(49-4)37(27)28-11-13-31(32(45)22-29(28)30)40-15-7-5-6-8-36(46)43-18-16-42(17-19-43)23-26-9-14-33-34(20-26)51-24-50-33/h9,11,13-14,20-22,30H,5-8,10,12,15-19,23-24H2,1-4H3,(H,40,45)(H,41,44)/t30-/m1/s1. The van der Waals surface area contributed by atoms with E-state index >= 15 is 0 Å². The lowest BCUT2D eigenvalue weighted by atomic mass is 9.95. The van der Waals surface area contributed by atoms with Gasteiger partial charge in [0, 0.05) is 58.2 Å².